The Morgan fingerprint density at radius 3 is 2.51 bits per heavy atom. The Labute approximate surface area is 210 Å². The van der Waals surface area contributed by atoms with Crippen molar-refractivity contribution in [1.29, 1.82) is 0 Å². The standard InChI is InChI=1S/C26H32ClN7O/c1-4-5-6-11-23-24(27)33(15-14-18(2)3)26(35)34(23)17-19-12-13-22(28-16-19)20-9-7-8-10-21(20)25-29-31-32-30-25/h7-10,12-13,16,18H,4-6,11,14-15,17H2,1-3H3,(H,29,30,31,32). The number of hydrogen-bond donors (Lipinski definition) is 1. The van der Waals surface area contributed by atoms with Crippen molar-refractivity contribution in [2.75, 3.05) is 0 Å². The van der Waals surface area contributed by atoms with E-state index in [9.17, 15) is 4.79 Å². The molecule has 4 aromatic rings. The van der Waals surface area contributed by atoms with E-state index in [1.54, 1.807) is 4.57 Å². The predicted molar refractivity (Wildman–Crippen MR) is 138 cm³/mol. The van der Waals surface area contributed by atoms with Gasteiger partial charge in [-0.2, -0.15) is 5.21 Å². The maximum atomic E-state index is 13.3. The van der Waals surface area contributed by atoms with Crippen LogP contribution in [0, 0.1) is 5.92 Å². The molecular weight excluding hydrogens is 462 g/mol. The molecule has 3 aromatic heterocycles. The Bertz CT molecular complexity index is 1290. The summed E-state index contributed by atoms with van der Waals surface area (Å²) in [4.78, 5) is 18.0. The van der Waals surface area contributed by atoms with Gasteiger partial charge in [0.25, 0.3) is 0 Å². The number of rotatable bonds is 11. The lowest BCUT2D eigenvalue weighted by Gasteiger charge is -2.09. The van der Waals surface area contributed by atoms with Gasteiger partial charge in [0, 0.05) is 23.9 Å². The molecule has 184 valence electrons. The first-order valence-corrected chi connectivity index (χ1v) is 12.6. The fourth-order valence-corrected chi connectivity index (χ4v) is 4.53. The maximum absolute atomic E-state index is 13.3. The van der Waals surface area contributed by atoms with Crippen LogP contribution in [0.3, 0.4) is 0 Å². The van der Waals surface area contributed by atoms with Crippen LogP contribution in [0.4, 0.5) is 0 Å². The van der Waals surface area contributed by atoms with Crippen molar-refractivity contribution in [3.8, 4) is 22.6 Å². The van der Waals surface area contributed by atoms with E-state index in [4.69, 9.17) is 16.6 Å². The molecule has 0 atom stereocenters. The molecule has 0 saturated carbocycles. The molecule has 0 fully saturated rings. The maximum Gasteiger partial charge on any atom is 0.329 e. The van der Waals surface area contributed by atoms with E-state index in [2.05, 4.69) is 41.4 Å². The molecule has 0 aliphatic carbocycles. The Kier molecular flexibility index (Phi) is 8.13. The third kappa shape index (κ3) is 5.70. The molecule has 0 aliphatic heterocycles. The average Bonchev–Trinajstić information content (AvgIpc) is 3.47. The van der Waals surface area contributed by atoms with Gasteiger partial charge in [-0.05, 0) is 42.0 Å². The van der Waals surface area contributed by atoms with Gasteiger partial charge in [-0.3, -0.25) is 14.1 Å². The van der Waals surface area contributed by atoms with E-state index < -0.39 is 0 Å². The molecule has 0 spiro atoms. The number of hydrogen-bond acceptors (Lipinski definition) is 5. The van der Waals surface area contributed by atoms with E-state index in [1.165, 1.54) is 0 Å². The Morgan fingerprint density at radius 1 is 1.06 bits per heavy atom. The summed E-state index contributed by atoms with van der Waals surface area (Å²) in [5.74, 6) is 1.02. The van der Waals surface area contributed by atoms with Gasteiger partial charge >= 0.3 is 5.69 Å². The van der Waals surface area contributed by atoms with Crippen LogP contribution in [0.1, 0.15) is 57.7 Å². The molecular formula is C26H32ClN7O. The first-order valence-electron chi connectivity index (χ1n) is 12.3. The van der Waals surface area contributed by atoms with Crippen molar-refractivity contribution in [1.82, 2.24) is 34.7 Å². The number of unbranched alkanes of at least 4 members (excludes halogenated alkanes) is 2. The van der Waals surface area contributed by atoms with Crippen molar-refractivity contribution in [3.63, 3.8) is 0 Å². The van der Waals surface area contributed by atoms with E-state index >= 15 is 0 Å². The molecule has 1 aromatic carbocycles. The second-order valence-corrected chi connectivity index (χ2v) is 9.59. The third-order valence-corrected chi connectivity index (χ3v) is 6.59. The molecule has 0 aliphatic rings. The summed E-state index contributed by atoms with van der Waals surface area (Å²) in [5, 5.41) is 14.9. The van der Waals surface area contributed by atoms with E-state index in [1.807, 2.05) is 47.2 Å². The molecule has 3 heterocycles. The minimum Gasteiger partial charge on any atom is -0.290 e. The van der Waals surface area contributed by atoms with Gasteiger partial charge in [0.1, 0.15) is 5.15 Å². The number of H-pyrrole nitrogens is 1. The summed E-state index contributed by atoms with van der Waals surface area (Å²) in [7, 11) is 0. The van der Waals surface area contributed by atoms with Gasteiger partial charge in [0.2, 0.25) is 5.82 Å². The quantitative estimate of drug-likeness (QED) is 0.283. The summed E-state index contributed by atoms with van der Waals surface area (Å²) in [6, 6.07) is 11.8. The molecule has 0 saturated heterocycles. The lowest BCUT2D eigenvalue weighted by atomic mass is 10.0. The van der Waals surface area contributed by atoms with E-state index in [-0.39, 0.29) is 5.69 Å². The van der Waals surface area contributed by atoms with Gasteiger partial charge in [-0.15, -0.1) is 10.2 Å². The van der Waals surface area contributed by atoms with Crippen LogP contribution >= 0.6 is 11.6 Å². The number of tetrazole rings is 1. The lowest BCUT2D eigenvalue weighted by molar-refractivity contribution is 0.503. The highest BCUT2D eigenvalue weighted by molar-refractivity contribution is 6.30. The number of imidazole rings is 1. The van der Waals surface area contributed by atoms with Gasteiger partial charge in [0.05, 0.1) is 17.9 Å². The van der Waals surface area contributed by atoms with Gasteiger partial charge in [0.15, 0.2) is 0 Å². The Morgan fingerprint density at radius 2 is 1.86 bits per heavy atom. The van der Waals surface area contributed by atoms with E-state index in [0.717, 1.165) is 60.2 Å². The third-order valence-electron chi connectivity index (χ3n) is 6.16. The summed E-state index contributed by atoms with van der Waals surface area (Å²) in [6.07, 6.45) is 6.76. The minimum atomic E-state index is -0.0475. The summed E-state index contributed by atoms with van der Waals surface area (Å²) >= 11 is 6.74. The van der Waals surface area contributed by atoms with Gasteiger partial charge in [-0.1, -0.05) is 75.5 Å². The van der Waals surface area contributed by atoms with Crippen LogP contribution in [-0.2, 0) is 19.5 Å². The van der Waals surface area contributed by atoms with Crippen LogP contribution < -0.4 is 5.69 Å². The van der Waals surface area contributed by atoms with Gasteiger partial charge < -0.3 is 0 Å². The highest BCUT2D eigenvalue weighted by Gasteiger charge is 2.19. The number of halogens is 1. The molecule has 9 heteroatoms. The summed E-state index contributed by atoms with van der Waals surface area (Å²) < 4.78 is 3.55. The zero-order valence-corrected chi connectivity index (χ0v) is 21.3. The number of pyridine rings is 1. The first kappa shape index (κ1) is 24.9. The molecule has 0 unspecified atom stereocenters. The first-order chi connectivity index (χ1) is 17.0. The number of nitrogens with one attached hydrogen (secondary N) is 1. The molecule has 0 amide bonds. The van der Waals surface area contributed by atoms with Crippen LogP contribution in [-0.4, -0.2) is 34.7 Å². The molecule has 35 heavy (non-hydrogen) atoms. The molecule has 1 N–H and O–H groups in total. The van der Waals surface area contributed by atoms with E-state index in [0.29, 0.717) is 30.0 Å². The van der Waals surface area contributed by atoms with Gasteiger partial charge in [-0.25, -0.2) is 4.79 Å². The minimum absolute atomic E-state index is 0.0475. The highest BCUT2D eigenvalue weighted by atomic mass is 35.5. The molecule has 0 bridgehead atoms. The number of nitrogens with zero attached hydrogens (tertiary/aromatic N) is 6. The van der Waals surface area contributed by atoms with Crippen molar-refractivity contribution >= 4 is 11.6 Å². The van der Waals surface area contributed by atoms with Crippen molar-refractivity contribution in [2.45, 2.75) is 66.0 Å². The zero-order chi connectivity index (χ0) is 24.8. The largest absolute Gasteiger partial charge is 0.329 e. The molecule has 4 rings (SSSR count). The van der Waals surface area contributed by atoms with Crippen molar-refractivity contribution in [2.24, 2.45) is 5.92 Å². The number of aromatic nitrogens is 7. The van der Waals surface area contributed by atoms with Crippen LogP contribution in [0.15, 0.2) is 47.4 Å². The molecule has 0 radical (unpaired) electrons. The fourth-order valence-electron chi connectivity index (χ4n) is 4.17. The van der Waals surface area contributed by atoms with Crippen LogP contribution in [0.5, 0.6) is 0 Å². The fraction of sp³-hybridized carbons (Fsp3) is 0.423. The molecule has 8 nitrogen and oxygen atoms in total. The lowest BCUT2D eigenvalue weighted by Crippen LogP contribution is -2.26. The Hall–Kier alpha value is -3.26. The van der Waals surface area contributed by atoms with Crippen LogP contribution in [0.2, 0.25) is 5.15 Å². The second-order valence-electron chi connectivity index (χ2n) is 9.23. The SMILES string of the molecule is CCCCCc1c(Cl)n(CCC(C)C)c(=O)n1Cc1ccc(-c2ccccc2-c2nn[nH]n2)nc1. The highest BCUT2D eigenvalue weighted by Crippen LogP contribution is 2.28. The zero-order valence-electron chi connectivity index (χ0n) is 20.5. The normalized spacial score (nSPS) is 11.5. The van der Waals surface area contributed by atoms with Crippen molar-refractivity contribution in [3.05, 3.63) is 69.5 Å². The van der Waals surface area contributed by atoms with Crippen molar-refractivity contribution < 1.29 is 0 Å². The number of benzene rings is 1. The topological polar surface area (TPSA) is 94.3 Å². The monoisotopic (exact) mass is 493 g/mol. The second kappa shape index (κ2) is 11.4. The summed E-state index contributed by atoms with van der Waals surface area (Å²) in [5.41, 5.74) is 4.39. The van der Waals surface area contributed by atoms with Crippen LogP contribution in [0.25, 0.3) is 22.6 Å². The number of aromatic amines is 1. The smallest absolute Gasteiger partial charge is 0.290 e. The summed E-state index contributed by atoms with van der Waals surface area (Å²) in [6.45, 7) is 7.55. The average molecular weight is 494 g/mol. The predicted octanol–water partition coefficient (Wildman–Crippen LogP) is 5.37. The Balaban J connectivity index is 1.62.